The van der Waals surface area contributed by atoms with Gasteiger partial charge in [-0.3, -0.25) is 8.11 Å². The molecule has 1 rings (SSSR count). The van der Waals surface area contributed by atoms with Crippen LogP contribution in [0.1, 0.15) is 20.3 Å². The normalized spacial score (nSPS) is 21.1. The average Bonchev–Trinajstić information content (AvgIpc) is 2.45. The summed E-state index contributed by atoms with van der Waals surface area (Å²) in [6.07, 6.45) is 5.26. The molecule has 2 nitrogen and oxygen atoms in total. The molecule has 3 heteroatoms. The summed E-state index contributed by atoms with van der Waals surface area (Å²) in [6, 6.07) is 0. The zero-order chi connectivity index (χ0) is 10.6. The van der Waals surface area contributed by atoms with Gasteiger partial charge in [0.25, 0.3) is 0 Å². The van der Waals surface area contributed by atoms with Crippen molar-refractivity contribution in [1.82, 2.24) is 3.11 Å². The summed E-state index contributed by atoms with van der Waals surface area (Å²) in [7, 11) is 1.81. The summed E-state index contributed by atoms with van der Waals surface area (Å²) in [5.74, 6) is 6.95. The molecule has 0 spiro atoms. The van der Waals surface area contributed by atoms with E-state index in [0.29, 0.717) is 0 Å². The van der Waals surface area contributed by atoms with E-state index in [2.05, 4.69) is 58.8 Å². The highest BCUT2D eigenvalue weighted by atomic mass is 127. The highest BCUT2D eigenvalue weighted by Gasteiger charge is 2.21. The van der Waals surface area contributed by atoms with E-state index in [1.54, 1.807) is 7.05 Å². The van der Waals surface area contributed by atoms with Crippen molar-refractivity contribution < 1.29 is 0 Å². The van der Waals surface area contributed by atoms with Gasteiger partial charge in [0.1, 0.15) is 11.5 Å². The maximum Gasteiger partial charge on any atom is 0.144 e. The van der Waals surface area contributed by atoms with Crippen LogP contribution in [0.15, 0.2) is 28.4 Å². The van der Waals surface area contributed by atoms with Gasteiger partial charge in [-0.25, -0.2) is 0 Å². The molecule has 0 bridgehead atoms. The topological polar surface area (TPSA) is 15.6 Å². The second kappa shape index (κ2) is 5.20. The van der Waals surface area contributed by atoms with Gasteiger partial charge in [-0.05, 0) is 25.3 Å². The number of amidine groups is 1. The van der Waals surface area contributed by atoms with Crippen molar-refractivity contribution in [1.29, 1.82) is 0 Å². The number of aliphatic imine (C=N–C) groups is 1. The summed E-state index contributed by atoms with van der Waals surface area (Å²) in [5, 5.41) is 0. The Morgan fingerprint density at radius 2 is 2.36 bits per heavy atom. The minimum atomic E-state index is 0.991. The van der Waals surface area contributed by atoms with Crippen molar-refractivity contribution in [3.63, 3.8) is 0 Å². The molecule has 74 valence electrons. The van der Waals surface area contributed by atoms with Crippen LogP contribution in [0.3, 0.4) is 0 Å². The van der Waals surface area contributed by atoms with Gasteiger partial charge in [-0.15, -0.1) is 0 Å². The Balaban J connectivity index is 3.08. The van der Waals surface area contributed by atoms with E-state index in [-0.39, 0.29) is 0 Å². The minimum Gasteiger partial charge on any atom is -0.270 e. The first kappa shape index (κ1) is 11.3. The third kappa shape index (κ3) is 2.18. The monoisotopic (exact) mass is 300 g/mol. The van der Waals surface area contributed by atoms with E-state index in [1.807, 2.05) is 10.0 Å². The Kier molecular flexibility index (Phi) is 4.21. The molecular formula is C11H13IN2. The molecule has 14 heavy (non-hydrogen) atoms. The van der Waals surface area contributed by atoms with E-state index < -0.39 is 0 Å². The van der Waals surface area contributed by atoms with Gasteiger partial charge in [-0.2, -0.15) is 0 Å². The molecule has 0 aromatic rings. The maximum absolute atomic E-state index is 4.25. The van der Waals surface area contributed by atoms with E-state index in [0.717, 1.165) is 18.0 Å². The number of hydrogen-bond donors (Lipinski definition) is 0. The highest BCUT2D eigenvalue weighted by molar-refractivity contribution is 14.1. The Bertz CT molecular complexity index is 366. The van der Waals surface area contributed by atoms with Gasteiger partial charge in [0.2, 0.25) is 0 Å². The molecule has 0 radical (unpaired) electrons. The zero-order valence-electron chi connectivity index (χ0n) is 8.63. The molecule has 0 N–H and O–H groups in total. The first-order valence-electron chi connectivity index (χ1n) is 4.52. The van der Waals surface area contributed by atoms with Gasteiger partial charge in [0, 0.05) is 12.6 Å². The smallest absolute Gasteiger partial charge is 0.144 e. The van der Waals surface area contributed by atoms with Crippen LogP contribution in [0.25, 0.3) is 0 Å². The number of hydrogen-bond acceptors (Lipinski definition) is 1. The Morgan fingerprint density at radius 1 is 1.64 bits per heavy atom. The van der Waals surface area contributed by atoms with Crippen molar-refractivity contribution in [2.24, 2.45) is 4.99 Å². The lowest BCUT2D eigenvalue weighted by molar-refractivity contribution is 0.962. The van der Waals surface area contributed by atoms with E-state index in [4.69, 9.17) is 0 Å². The van der Waals surface area contributed by atoms with Crippen LogP contribution >= 0.6 is 22.9 Å². The number of halogens is 1. The molecule has 0 unspecified atom stereocenters. The molecule has 0 fully saturated rings. The first-order valence-corrected chi connectivity index (χ1v) is 5.48. The van der Waals surface area contributed by atoms with E-state index in [1.165, 1.54) is 5.57 Å². The summed E-state index contributed by atoms with van der Waals surface area (Å²) in [4.78, 5) is 4.25. The Hall–Kier alpha value is -0.760. The molecule has 1 heterocycles. The summed E-state index contributed by atoms with van der Waals surface area (Å²) < 4.78 is 2.00. The van der Waals surface area contributed by atoms with Crippen molar-refractivity contribution >= 4 is 28.7 Å². The first-order chi connectivity index (χ1) is 6.74. The second-order valence-corrected chi connectivity index (χ2v) is 3.77. The third-order valence-corrected chi connectivity index (χ3v) is 2.81. The summed E-state index contributed by atoms with van der Waals surface area (Å²) >= 11 is 2.23. The lowest BCUT2D eigenvalue weighted by Gasteiger charge is -2.09. The molecule has 0 amide bonds. The SMILES string of the molecule is CC#CC1=C/C(=C/CC)C(=NC)N1I. The molecular weight excluding hydrogens is 287 g/mol. The molecule has 1 aliphatic heterocycles. The lowest BCUT2D eigenvalue weighted by Crippen LogP contribution is -2.14. The van der Waals surface area contributed by atoms with E-state index >= 15 is 0 Å². The minimum absolute atomic E-state index is 0.991. The molecule has 1 aliphatic rings. The average molecular weight is 300 g/mol. The largest absolute Gasteiger partial charge is 0.270 e. The molecule has 0 aromatic carbocycles. The number of rotatable bonds is 1. The van der Waals surface area contributed by atoms with Gasteiger partial charge >= 0.3 is 0 Å². The van der Waals surface area contributed by atoms with Crippen LogP contribution in [0.5, 0.6) is 0 Å². The molecule has 0 atom stereocenters. The van der Waals surface area contributed by atoms with Crippen molar-refractivity contribution in [2.45, 2.75) is 20.3 Å². The van der Waals surface area contributed by atoms with Crippen molar-refractivity contribution in [3.8, 4) is 11.8 Å². The van der Waals surface area contributed by atoms with Crippen LogP contribution in [0.4, 0.5) is 0 Å². The standard InChI is InChI=1S/C11H13IN2/c1-4-6-9-8-10(7-5-2)14(12)11(9)13-3/h6,8H,4H2,1-3H3/b9-6-,13-11?. The predicted octanol–water partition coefficient (Wildman–Crippen LogP) is 2.92. The van der Waals surface area contributed by atoms with Crippen molar-refractivity contribution in [2.75, 3.05) is 7.05 Å². The van der Waals surface area contributed by atoms with Crippen molar-refractivity contribution in [3.05, 3.63) is 23.4 Å². The molecule has 0 saturated carbocycles. The van der Waals surface area contributed by atoms with Crippen LogP contribution in [-0.2, 0) is 0 Å². The fourth-order valence-electron chi connectivity index (χ4n) is 1.30. The number of allylic oxidation sites excluding steroid dienone is 2. The number of nitrogens with zero attached hydrogens (tertiary/aromatic N) is 2. The molecule has 0 saturated heterocycles. The Morgan fingerprint density at radius 3 is 2.86 bits per heavy atom. The quantitative estimate of drug-likeness (QED) is 0.413. The van der Waals surface area contributed by atoms with Crippen LogP contribution in [0.2, 0.25) is 0 Å². The predicted molar refractivity (Wildman–Crippen MR) is 69.1 cm³/mol. The highest BCUT2D eigenvalue weighted by Crippen LogP contribution is 2.25. The van der Waals surface area contributed by atoms with Gasteiger partial charge < -0.3 is 0 Å². The fourth-order valence-corrected chi connectivity index (χ4v) is 2.05. The molecule has 0 aromatic heterocycles. The fraction of sp³-hybridized carbons (Fsp3) is 0.364. The van der Waals surface area contributed by atoms with Crippen LogP contribution in [-0.4, -0.2) is 16.0 Å². The summed E-state index contributed by atoms with van der Waals surface area (Å²) in [6.45, 7) is 3.96. The zero-order valence-corrected chi connectivity index (χ0v) is 10.8. The van der Waals surface area contributed by atoms with Gasteiger partial charge in [0.05, 0.1) is 22.9 Å². The van der Waals surface area contributed by atoms with Gasteiger partial charge in [-0.1, -0.05) is 18.9 Å². The van der Waals surface area contributed by atoms with E-state index in [9.17, 15) is 0 Å². The lowest BCUT2D eigenvalue weighted by atomic mass is 10.2. The molecule has 0 aliphatic carbocycles. The van der Waals surface area contributed by atoms with Crippen LogP contribution < -0.4 is 0 Å². The Labute approximate surface area is 99.3 Å². The van der Waals surface area contributed by atoms with Gasteiger partial charge in [0.15, 0.2) is 0 Å². The summed E-state index contributed by atoms with van der Waals surface area (Å²) in [5.41, 5.74) is 2.18. The maximum atomic E-state index is 4.25. The second-order valence-electron chi connectivity index (χ2n) is 2.80. The third-order valence-electron chi connectivity index (χ3n) is 1.84. The van der Waals surface area contributed by atoms with Crippen LogP contribution in [0, 0.1) is 11.8 Å².